The molecule has 0 radical (unpaired) electrons. The van der Waals surface area contributed by atoms with E-state index in [1.54, 1.807) is 13.1 Å². The van der Waals surface area contributed by atoms with Crippen molar-refractivity contribution in [1.29, 1.82) is 0 Å². The number of piperazine rings is 1. The Morgan fingerprint density at radius 3 is 2.23 bits per heavy atom. The van der Waals surface area contributed by atoms with Gasteiger partial charge in [-0.25, -0.2) is 9.18 Å². The number of carbonyl (C=O) groups is 1. The predicted octanol–water partition coefficient (Wildman–Crippen LogP) is 5.01. The van der Waals surface area contributed by atoms with Crippen molar-refractivity contribution in [1.82, 2.24) is 19.4 Å². The van der Waals surface area contributed by atoms with Crippen LogP contribution in [0.15, 0.2) is 82.4 Å². The Morgan fingerprint density at radius 2 is 1.57 bits per heavy atom. The zero-order valence-corrected chi connectivity index (χ0v) is 26.5. The quantitative estimate of drug-likeness (QED) is 0.258. The molecule has 2 heterocycles. The second-order valence-electron chi connectivity index (χ2n) is 11.8. The first-order valence-electron chi connectivity index (χ1n) is 15.4. The summed E-state index contributed by atoms with van der Waals surface area (Å²) in [5.74, 6) is -1.54. The van der Waals surface area contributed by atoms with Crippen LogP contribution >= 0.6 is 0 Å². The molecule has 0 unspecified atom stereocenters. The van der Waals surface area contributed by atoms with Crippen molar-refractivity contribution < 1.29 is 22.4 Å². The van der Waals surface area contributed by atoms with E-state index in [0.29, 0.717) is 38.3 Å². The van der Waals surface area contributed by atoms with Gasteiger partial charge in [0.2, 0.25) is 0 Å². The van der Waals surface area contributed by atoms with Crippen LogP contribution in [0.3, 0.4) is 0 Å². The summed E-state index contributed by atoms with van der Waals surface area (Å²) in [5, 5.41) is 2.62. The highest BCUT2D eigenvalue weighted by Gasteiger charge is 2.35. The fraction of sp³-hybridized carbons (Fsp3) is 0.343. The Kier molecular flexibility index (Phi) is 9.99. The highest BCUT2D eigenvalue weighted by Crippen LogP contribution is 2.33. The molecule has 47 heavy (non-hydrogen) atoms. The summed E-state index contributed by atoms with van der Waals surface area (Å²) in [7, 11) is 1.57. The monoisotopic (exact) mass is 651 g/mol. The Balaban J connectivity index is 1.50. The van der Waals surface area contributed by atoms with E-state index in [1.807, 2.05) is 60.4 Å². The molecule has 1 aliphatic rings. The molecule has 0 spiro atoms. The van der Waals surface area contributed by atoms with E-state index in [2.05, 4.69) is 10.2 Å². The lowest BCUT2D eigenvalue weighted by atomic mass is 10.0. The van der Waals surface area contributed by atoms with Crippen molar-refractivity contribution >= 4 is 11.6 Å². The summed E-state index contributed by atoms with van der Waals surface area (Å²) < 4.78 is 58.9. The molecule has 0 bridgehead atoms. The predicted molar refractivity (Wildman–Crippen MR) is 172 cm³/mol. The number of carbonyl (C=O) groups excluding carboxylic acids is 1. The lowest BCUT2D eigenvalue weighted by Crippen LogP contribution is -2.51. The van der Waals surface area contributed by atoms with Gasteiger partial charge >= 0.3 is 11.9 Å². The molecule has 1 aliphatic heterocycles. The van der Waals surface area contributed by atoms with E-state index >= 15 is 0 Å². The zero-order valence-electron chi connectivity index (χ0n) is 26.5. The van der Waals surface area contributed by atoms with Crippen molar-refractivity contribution in [2.24, 2.45) is 0 Å². The number of alkyl halides is 3. The van der Waals surface area contributed by atoms with Gasteiger partial charge in [0, 0.05) is 63.1 Å². The number of nitrogens with zero attached hydrogens (tertiary/aromatic N) is 4. The van der Waals surface area contributed by atoms with E-state index in [-0.39, 0.29) is 29.8 Å². The SMILES string of the molecule is CNC(=O)c1cccc(CN2CCN(c3c(C)n(Cc4c(F)cccc4C(F)(F)F)c(=O)n(C[C@H](C)c4ccccc4)c3=O)CC2)c1. The number of halogens is 4. The first-order valence-corrected chi connectivity index (χ1v) is 15.4. The normalized spacial score (nSPS) is 14.7. The highest BCUT2D eigenvalue weighted by atomic mass is 19.4. The van der Waals surface area contributed by atoms with Gasteiger partial charge < -0.3 is 10.2 Å². The number of anilines is 1. The van der Waals surface area contributed by atoms with Gasteiger partial charge in [0.15, 0.2) is 0 Å². The number of nitrogens with one attached hydrogen (secondary N) is 1. The molecule has 3 aromatic carbocycles. The van der Waals surface area contributed by atoms with E-state index < -0.39 is 40.9 Å². The van der Waals surface area contributed by atoms with Gasteiger partial charge in [-0.1, -0.05) is 55.5 Å². The first kappa shape index (κ1) is 33.6. The fourth-order valence-electron chi connectivity index (χ4n) is 6.14. The van der Waals surface area contributed by atoms with E-state index in [9.17, 15) is 31.9 Å². The van der Waals surface area contributed by atoms with Gasteiger partial charge in [-0.3, -0.25) is 23.6 Å². The van der Waals surface area contributed by atoms with Crippen molar-refractivity contribution in [3.8, 4) is 0 Å². The Labute approximate surface area is 269 Å². The Morgan fingerprint density at radius 1 is 0.894 bits per heavy atom. The van der Waals surface area contributed by atoms with E-state index in [1.165, 1.54) is 6.92 Å². The van der Waals surface area contributed by atoms with Crippen molar-refractivity contribution in [3.05, 3.63) is 133 Å². The number of rotatable bonds is 9. The molecule has 5 rings (SSSR count). The van der Waals surface area contributed by atoms with Crippen LogP contribution in [0.25, 0.3) is 0 Å². The molecule has 248 valence electrons. The number of benzene rings is 3. The maximum atomic E-state index is 15.0. The van der Waals surface area contributed by atoms with Crippen molar-refractivity contribution in [3.63, 3.8) is 0 Å². The molecule has 1 fully saturated rings. The third-order valence-electron chi connectivity index (χ3n) is 8.73. The molecule has 12 heteroatoms. The van der Waals surface area contributed by atoms with Crippen molar-refractivity contribution in [2.45, 2.75) is 45.6 Å². The molecular formula is C35H37F4N5O3. The van der Waals surface area contributed by atoms with Crippen LogP contribution in [0.1, 0.15) is 51.1 Å². The lowest BCUT2D eigenvalue weighted by Gasteiger charge is -2.37. The maximum absolute atomic E-state index is 15.0. The maximum Gasteiger partial charge on any atom is 0.416 e. The summed E-state index contributed by atoms with van der Waals surface area (Å²) in [6.07, 6.45) is -4.84. The standard InChI is InChI=1S/C35H37F4N5O3/c1-23(26-10-5-4-6-11-26)20-44-33(46)31(24(2)43(34(44)47)22-28-29(35(37,38)39)13-8-14-30(28)36)42-17-15-41(16-18-42)21-25-9-7-12-27(19-25)32(45)40-3/h4-14,19,23H,15-18,20-22H2,1-3H3,(H,40,45)/t23-/m0/s1. The summed E-state index contributed by atoms with van der Waals surface area (Å²) in [4.78, 5) is 44.1. The number of hydrogen-bond acceptors (Lipinski definition) is 5. The summed E-state index contributed by atoms with van der Waals surface area (Å²) in [6.45, 7) is 5.17. The molecule has 1 amide bonds. The lowest BCUT2D eigenvalue weighted by molar-refractivity contribution is -0.138. The number of aromatic nitrogens is 2. The van der Waals surface area contributed by atoms with Gasteiger partial charge in [-0.15, -0.1) is 0 Å². The minimum atomic E-state index is -4.84. The number of hydrogen-bond donors (Lipinski definition) is 1. The molecule has 1 atom stereocenters. The summed E-state index contributed by atoms with van der Waals surface area (Å²) in [6, 6.07) is 19.3. The van der Waals surface area contributed by atoms with Crippen LogP contribution in [-0.2, 0) is 25.8 Å². The van der Waals surface area contributed by atoms with Gasteiger partial charge in [0.05, 0.1) is 12.1 Å². The molecule has 0 saturated carbocycles. The molecule has 1 aromatic heterocycles. The summed E-state index contributed by atoms with van der Waals surface area (Å²) in [5.41, 5.74) is -0.413. The number of amides is 1. The second kappa shape index (κ2) is 14.0. The van der Waals surface area contributed by atoms with Crippen LogP contribution in [0, 0.1) is 12.7 Å². The molecule has 4 aromatic rings. The van der Waals surface area contributed by atoms with Crippen LogP contribution < -0.4 is 21.5 Å². The second-order valence-corrected chi connectivity index (χ2v) is 11.8. The fourth-order valence-corrected chi connectivity index (χ4v) is 6.14. The van der Waals surface area contributed by atoms with E-state index in [0.717, 1.165) is 38.5 Å². The van der Waals surface area contributed by atoms with Crippen molar-refractivity contribution in [2.75, 3.05) is 38.1 Å². The van der Waals surface area contributed by atoms with Gasteiger partial charge in [0.25, 0.3) is 11.5 Å². The molecule has 1 saturated heterocycles. The Bertz CT molecular complexity index is 1860. The zero-order chi connectivity index (χ0) is 33.9. The average molecular weight is 652 g/mol. The minimum Gasteiger partial charge on any atom is -0.363 e. The van der Waals surface area contributed by atoms with Crippen LogP contribution in [-0.4, -0.2) is 53.2 Å². The smallest absolute Gasteiger partial charge is 0.363 e. The third-order valence-corrected chi connectivity index (χ3v) is 8.73. The van der Waals surface area contributed by atoms with E-state index in [4.69, 9.17) is 0 Å². The minimum absolute atomic E-state index is 0.0139. The summed E-state index contributed by atoms with van der Waals surface area (Å²) >= 11 is 0. The Hall–Kier alpha value is -4.71. The van der Waals surface area contributed by atoms with Gasteiger partial charge in [0.1, 0.15) is 11.5 Å². The molecular weight excluding hydrogens is 614 g/mol. The topological polar surface area (TPSA) is 79.6 Å². The highest BCUT2D eigenvalue weighted by molar-refractivity contribution is 5.94. The van der Waals surface area contributed by atoms with Crippen LogP contribution in [0.5, 0.6) is 0 Å². The van der Waals surface area contributed by atoms with Crippen LogP contribution in [0.2, 0.25) is 0 Å². The molecule has 1 N–H and O–H groups in total. The van der Waals surface area contributed by atoms with Gasteiger partial charge in [-0.2, -0.15) is 13.2 Å². The average Bonchev–Trinajstić information content (AvgIpc) is 3.06. The third kappa shape index (κ3) is 7.32. The first-order chi connectivity index (χ1) is 22.4. The molecule has 8 nitrogen and oxygen atoms in total. The molecule has 0 aliphatic carbocycles. The largest absolute Gasteiger partial charge is 0.416 e. The van der Waals surface area contributed by atoms with Gasteiger partial charge in [-0.05, 0) is 48.2 Å². The van der Waals surface area contributed by atoms with Crippen LogP contribution in [0.4, 0.5) is 23.2 Å².